The third kappa shape index (κ3) is 2.16. The number of hydrogen-bond acceptors (Lipinski definition) is 2. The van der Waals surface area contributed by atoms with Crippen LogP contribution in [0, 0.1) is 0 Å². The molecule has 0 amide bonds. The molecule has 0 bridgehead atoms. The lowest BCUT2D eigenvalue weighted by Gasteiger charge is -2.09. The van der Waals surface area contributed by atoms with E-state index in [2.05, 4.69) is 4.98 Å². The van der Waals surface area contributed by atoms with Crippen LogP contribution >= 0.6 is 23.2 Å². The molecule has 72 valence electrons. The molecule has 2 N–H and O–H groups in total. The van der Waals surface area contributed by atoms with Crippen molar-refractivity contribution in [2.45, 2.75) is 6.18 Å². The molecule has 1 aromatic rings. The summed E-state index contributed by atoms with van der Waals surface area (Å²) in [5, 5.41) is -0.967. The minimum atomic E-state index is -4.57. The van der Waals surface area contributed by atoms with Crippen LogP contribution in [0.4, 0.5) is 19.0 Å². The van der Waals surface area contributed by atoms with Gasteiger partial charge in [-0.1, -0.05) is 23.2 Å². The first-order valence-corrected chi connectivity index (χ1v) is 3.76. The summed E-state index contributed by atoms with van der Waals surface area (Å²) in [6.07, 6.45) is -4.57. The molecule has 0 unspecified atom stereocenters. The Labute approximate surface area is 81.5 Å². The first-order chi connectivity index (χ1) is 5.82. The number of rotatable bonds is 0. The van der Waals surface area contributed by atoms with E-state index in [4.69, 9.17) is 28.9 Å². The first kappa shape index (κ1) is 10.4. The topological polar surface area (TPSA) is 38.9 Å². The van der Waals surface area contributed by atoms with Gasteiger partial charge in [0.1, 0.15) is 11.0 Å². The Bertz CT molecular complexity index is 337. The molecule has 0 atom stereocenters. The zero-order valence-electron chi connectivity index (χ0n) is 5.99. The van der Waals surface area contributed by atoms with Gasteiger partial charge in [0, 0.05) is 0 Å². The predicted molar refractivity (Wildman–Crippen MR) is 43.7 cm³/mol. The fraction of sp³-hybridized carbons (Fsp3) is 0.167. The van der Waals surface area contributed by atoms with Crippen LogP contribution in [0.1, 0.15) is 5.56 Å². The summed E-state index contributed by atoms with van der Waals surface area (Å²) < 4.78 is 36.5. The van der Waals surface area contributed by atoms with E-state index in [1.807, 2.05) is 0 Å². The molecule has 0 aliphatic carbocycles. The molecular formula is C6H3Cl2F3N2. The summed E-state index contributed by atoms with van der Waals surface area (Å²) >= 11 is 10.6. The minimum Gasteiger partial charge on any atom is -0.382 e. The Balaban J connectivity index is 3.37. The average molecular weight is 231 g/mol. The molecule has 0 spiro atoms. The zero-order chi connectivity index (χ0) is 10.2. The number of pyridine rings is 1. The second-order valence-electron chi connectivity index (χ2n) is 2.19. The van der Waals surface area contributed by atoms with Crippen LogP contribution in [0.15, 0.2) is 6.07 Å². The Morgan fingerprint density at radius 3 is 2.31 bits per heavy atom. The van der Waals surface area contributed by atoms with Crippen LogP contribution in [0.5, 0.6) is 0 Å². The number of hydrogen-bond donors (Lipinski definition) is 1. The number of alkyl halides is 3. The third-order valence-corrected chi connectivity index (χ3v) is 1.85. The molecule has 13 heavy (non-hydrogen) atoms. The van der Waals surface area contributed by atoms with E-state index >= 15 is 0 Å². The molecule has 1 heterocycles. The lowest BCUT2D eigenvalue weighted by atomic mass is 10.2. The molecule has 0 aromatic carbocycles. The van der Waals surface area contributed by atoms with Crippen LogP contribution in [0.25, 0.3) is 0 Å². The molecule has 2 nitrogen and oxygen atoms in total. The number of halogens is 5. The van der Waals surface area contributed by atoms with Crippen molar-refractivity contribution >= 4 is 29.0 Å². The Morgan fingerprint density at radius 1 is 1.31 bits per heavy atom. The summed E-state index contributed by atoms with van der Waals surface area (Å²) in [4.78, 5) is 3.36. The minimum absolute atomic E-state index is 0.339. The highest BCUT2D eigenvalue weighted by atomic mass is 35.5. The van der Waals surface area contributed by atoms with Gasteiger partial charge in [0.05, 0.1) is 10.6 Å². The highest BCUT2D eigenvalue weighted by Gasteiger charge is 2.34. The standard InChI is InChI=1S/C6H3Cl2F3N2/c7-3-1-2(6(9,10)11)4(8)5(12)13-3/h1H,(H2,12,13). The van der Waals surface area contributed by atoms with Gasteiger partial charge in [-0.2, -0.15) is 13.2 Å². The van der Waals surface area contributed by atoms with E-state index in [1.165, 1.54) is 0 Å². The van der Waals surface area contributed by atoms with E-state index in [0.29, 0.717) is 6.07 Å². The van der Waals surface area contributed by atoms with Crippen molar-refractivity contribution in [3.8, 4) is 0 Å². The largest absolute Gasteiger partial charge is 0.418 e. The normalized spacial score (nSPS) is 11.8. The number of nitrogens with zero attached hydrogens (tertiary/aromatic N) is 1. The third-order valence-electron chi connectivity index (χ3n) is 1.26. The van der Waals surface area contributed by atoms with Crippen molar-refractivity contribution < 1.29 is 13.2 Å². The van der Waals surface area contributed by atoms with Crippen molar-refractivity contribution in [2.24, 2.45) is 0 Å². The summed E-state index contributed by atoms with van der Waals surface area (Å²) in [5.74, 6) is -0.429. The Morgan fingerprint density at radius 2 is 1.85 bits per heavy atom. The molecule has 0 fully saturated rings. The maximum Gasteiger partial charge on any atom is 0.418 e. The zero-order valence-corrected chi connectivity index (χ0v) is 7.50. The molecule has 0 aliphatic heterocycles. The number of aromatic nitrogens is 1. The van der Waals surface area contributed by atoms with E-state index < -0.39 is 22.6 Å². The monoisotopic (exact) mass is 230 g/mol. The Kier molecular flexibility index (Phi) is 2.58. The maximum atomic E-state index is 12.2. The van der Waals surface area contributed by atoms with Crippen LogP contribution < -0.4 is 5.73 Å². The molecule has 7 heteroatoms. The highest BCUT2D eigenvalue weighted by Crippen LogP contribution is 2.37. The fourth-order valence-electron chi connectivity index (χ4n) is 0.723. The van der Waals surface area contributed by atoms with Crippen LogP contribution in [0.3, 0.4) is 0 Å². The van der Waals surface area contributed by atoms with E-state index in [9.17, 15) is 13.2 Å². The van der Waals surface area contributed by atoms with Gasteiger partial charge < -0.3 is 5.73 Å². The van der Waals surface area contributed by atoms with E-state index in [1.54, 1.807) is 0 Å². The van der Waals surface area contributed by atoms with Gasteiger partial charge in [0.25, 0.3) is 0 Å². The van der Waals surface area contributed by atoms with Gasteiger partial charge in [-0.3, -0.25) is 0 Å². The smallest absolute Gasteiger partial charge is 0.382 e. The summed E-state index contributed by atoms with van der Waals surface area (Å²) in [7, 11) is 0. The highest BCUT2D eigenvalue weighted by molar-refractivity contribution is 6.34. The van der Waals surface area contributed by atoms with Gasteiger partial charge in [0.2, 0.25) is 0 Å². The summed E-state index contributed by atoms with van der Waals surface area (Å²) in [6, 6.07) is 0.625. The van der Waals surface area contributed by atoms with Crippen molar-refractivity contribution in [3.05, 3.63) is 21.8 Å². The van der Waals surface area contributed by atoms with Crippen molar-refractivity contribution in [2.75, 3.05) is 5.73 Å². The van der Waals surface area contributed by atoms with Gasteiger partial charge in [-0.25, -0.2) is 4.98 Å². The van der Waals surface area contributed by atoms with Gasteiger partial charge in [-0.05, 0) is 6.07 Å². The lowest BCUT2D eigenvalue weighted by Crippen LogP contribution is -2.08. The molecular weight excluding hydrogens is 228 g/mol. The van der Waals surface area contributed by atoms with Gasteiger partial charge in [-0.15, -0.1) is 0 Å². The quantitative estimate of drug-likeness (QED) is 0.697. The number of nitrogens with two attached hydrogens (primary N) is 1. The van der Waals surface area contributed by atoms with Crippen LogP contribution in [-0.2, 0) is 6.18 Å². The molecule has 0 saturated carbocycles. The molecule has 0 radical (unpaired) electrons. The summed E-state index contributed by atoms with van der Waals surface area (Å²) in [6.45, 7) is 0. The SMILES string of the molecule is Nc1nc(Cl)cc(C(F)(F)F)c1Cl. The second-order valence-corrected chi connectivity index (χ2v) is 2.95. The Hall–Kier alpha value is -0.680. The summed E-state index contributed by atoms with van der Waals surface area (Å²) in [5.41, 5.74) is 4.01. The molecule has 0 saturated heterocycles. The van der Waals surface area contributed by atoms with Crippen molar-refractivity contribution in [1.29, 1.82) is 0 Å². The van der Waals surface area contributed by atoms with Crippen LogP contribution in [-0.4, -0.2) is 4.98 Å². The number of anilines is 1. The second kappa shape index (κ2) is 3.23. The van der Waals surface area contributed by atoms with Crippen molar-refractivity contribution in [3.63, 3.8) is 0 Å². The fourth-order valence-corrected chi connectivity index (χ4v) is 1.13. The molecule has 0 aliphatic rings. The van der Waals surface area contributed by atoms with E-state index in [0.717, 1.165) is 0 Å². The molecule has 1 aromatic heterocycles. The number of nitrogen functional groups attached to an aromatic ring is 1. The van der Waals surface area contributed by atoms with Gasteiger partial charge in [0.15, 0.2) is 0 Å². The van der Waals surface area contributed by atoms with Gasteiger partial charge >= 0.3 is 6.18 Å². The lowest BCUT2D eigenvalue weighted by molar-refractivity contribution is -0.137. The first-order valence-electron chi connectivity index (χ1n) is 3.01. The molecule has 1 rings (SSSR count). The maximum absolute atomic E-state index is 12.2. The average Bonchev–Trinajstić information content (AvgIpc) is 1.94. The van der Waals surface area contributed by atoms with E-state index in [-0.39, 0.29) is 5.15 Å². The predicted octanol–water partition coefficient (Wildman–Crippen LogP) is 2.99. The van der Waals surface area contributed by atoms with Crippen molar-refractivity contribution in [1.82, 2.24) is 4.98 Å². The van der Waals surface area contributed by atoms with Crippen LogP contribution in [0.2, 0.25) is 10.2 Å².